The highest BCUT2D eigenvalue weighted by Gasteiger charge is 2.09. The lowest BCUT2D eigenvalue weighted by Crippen LogP contribution is -2.26. The van der Waals surface area contributed by atoms with Crippen LogP contribution in [0.4, 0.5) is 0 Å². The molecule has 1 atom stereocenters. The Morgan fingerprint density at radius 1 is 1.00 bits per heavy atom. The minimum atomic E-state index is -2.27. The van der Waals surface area contributed by atoms with E-state index in [1.165, 1.54) is 0 Å². The molecule has 0 aliphatic heterocycles. The summed E-state index contributed by atoms with van der Waals surface area (Å²) >= 11 is 0. The van der Waals surface area contributed by atoms with Crippen molar-refractivity contribution in [3.05, 3.63) is 0 Å². The van der Waals surface area contributed by atoms with Crippen molar-refractivity contribution in [3.8, 4) is 0 Å². The molecule has 1 N–H and O–H groups in total. The number of carbonyl (C=O) groups is 1. The maximum Gasteiger partial charge on any atom is 0.219 e. The molecule has 0 spiro atoms. The van der Waals surface area contributed by atoms with Gasteiger partial charge in [0.15, 0.2) is 0 Å². The number of amides is 1. The van der Waals surface area contributed by atoms with Crippen molar-refractivity contribution in [2.75, 3.05) is 27.2 Å². The Bertz CT molecular complexity index is 363. The number of nitrogens with zero attached hydrogens (tertiary/aromatic N) is 1. The van der Waals surface area contributed by atoms with E-state index < -0.39 is 10.7 Å². The van der Waals surface area contributed by atoms with E-state index in [0.29, 0.717) is 6.42 Å². The van der Waals surface area contributed by atoms with Crippen LogP contribution in [0.3, 0.4) is 0 Å². The van der Waals surface area contributed by atoms with Crippen LogP contribution in [0.1, 0.15) is 71.1 Å². The van der Waals surface area contributed by atoms with Gasteiger partial charge in [-0.1, -0.05) is 39.0 Å². The molecule has 1 unspecified atom stereocenters. The van der Waals surface area contributed by atoms with Crippen LogP contribution in [-0.2, 0) is 15.5 Å². The molecule has 0 saturated heterocycles. The Morgan fingerprint density at radius 3 is 2.26 bits per heavy atom. The van der Waals surface area contributed by atoms with Crippen molar-refractivity contribution in [1.82, 2.24) is 10.2 Å². The average Bonchev–Trinajstić information content (AvgIpc) is 2.49. The van der Waals surface area contributed by atoms with Crippen LogP contribution >= 0.6 is 0 Å². The van der Waals surface area contributed by atoms with Gasteiger partial charge >= 0.3 is 0 Å². The second kappa shape index (κ2) is 14.9. The summed E-state index contributed by atoms with van der Waals surface area (Å²) in [5.41, 5.74) is 0. The van der Waals surface area contributed by atoms with Crippen LogP contribution in [-0.4, -0.2) is 51.7 Å². The van der Waals surface area contributed by atoms with E-state index in [-0.39, 0.29) is 11.2 Å². The van der Waals surface area contributed by atoms with E-state index in [0.717, 1.165) is 70.9 Å². The van der Waals surface area contributed by atoms with Gasteiger partial charge in [-0.05, 0) is 46.3 Å². The van der Waals surface area contributed by atoms with Gasteiger partial charge in [-0.15, -0.1) is 0 Å². The zero-order valence-corrected chi connectivity index (χ0v) is 16.1. The Kier molecular flexibility index (Phi) is 14.5. The van der Waals surface area contributed by atoms with Crippen molar-refractivity contribution in [1.29, 1.82) is 0 Å². The maximum absolute atomic E-state index is 11.6. The van der Waals surface area contributed by atoms with Crippen LogP contribution < -0.4 is 5.32 Å². The summed E-state index contributed by atoms with van der Waals surface area (Å²) in [5, 5.41) is 2.81. The fourth-order valence-electron chi connectivity index (χ4n) is 2.60. The quantitative estimate of drug-likeness (QED) is 0.353. The SMILES string of the molecule is CCCC(CCCCCCCC(=O)NCCCN(C)C)[SH](=O)=O. The van der Waals surface area contributed by atoms with E-state index in [1.54, 1.807) is 0 Å². The third kappa shape index (κ3) is 14.7. The summed E-state index contributed by atoms with van der Waals surface area (Å²) in [6, 6.07) is 0. The highest BCUT2D eigenvalue weighted by molar-refractivity contribution is 7.73. The van der Waals surface area contributed by atoms with Gasteiger partial charge in [-0.3, -0.25) is 4.79 Å². The van der Waals surface area contributed by atoms with Crippen molar-refractivity contribution in [3.63, 3.8) is 0 Å². The third-order valence-electron chi connectivity index (χ3n) is 3.97. The number of unbranched alkanes of at least 4 members (excludes halogenated alkanes) is 4. The lowest BCUT2D eigenvalue weighted by atomic mass is 10.1. The number of nitrogens with one attached hydrogen (secondary N) is 1. The van der Waals surface area contributed by atoms with Gasteiger partial charge in [-0.25, -0.2) is 8.42 Å². The van der Waals surface area contributed by atoms with Gasteiger partial charge in [0.2, 0.25) is 5.91 Å². The van der Waals surface area contributed by atoms with Crippen molar-refractivity contribution in [2.45, 2.75) is 76.4 Å². The summed E-state index contributed by atoms with van der Waals surface area (Å²) in [4.78, 5) is 13.7. The summed E-state index contributed by atoms with van der Waals surface area (Å²) in [7, 11) is 1.78. The number of hydrogen-bond acceptors (Lipinski definition) is 4. The number of rotatable bonds is 15. The van der Waals surface area contributed by atoms with Gasteiger partial charge < -0.3 is 10.2 Å². The lowest BCUT2D eigenvalue weighted by Gasteiger charge is -2.10. The molecule has 0 aliphatic carbocycles. The van der Waals surface area contributed by atoms with Crippen molar-refractivity contribution >= 4 is 16.6 Å². The molecule has 0 aliphatic rings. The molecular formula is C17H36N2O3S. The van der Waals surface area contributed by atoms with E-state index in [4.69, 9.17) is 0 Å². The first-order valence-electron chi connectivity index (χ1n) is 9.02. The molecule has 0 aromatic rings. The molecule has 138 valence electrons. The molecule has 0 radical (unpaired) electrons. The first-order valence-corrected chi connectivity index (χ1v) is 10.3. The minimum Gasteiger partial charge on any atom is -0.356 e. The zero-order chi connectivity index (χ0) is 17.5. The number of hydrogen-bond donors (Lipinski definition) is 2. The molecule has 0 bridgehead atoms. The minimum absolute atomic E-state index is 0.136. The number of carbonyl (C=O) groups excluding carboxylic acids is 1. The van der Waals surface area contributed by atoms with E-state index >= 15 is 0 Å². The molecule has 5 nitrogen and oxygen atoms in total. The van der Waals surface area contributed by atoms with Crippen LogP contribution in [0.5, 0.6) is 0 Å². The Hall–Kier alpha value is -0.620. The fourth-order valence-corrected chi connectivity index (χ4v) is 3.46. The van der Waals surface area contributed by atoms with Crippen LogP contribution in [0.2, 0.25) is 0 Å². The summed E-state index contributed by atoms with van der Waals surface area (Å²) in [6.07, 6.45) is 9.19. The van der Waals surface area contributed by atoms with Crippen molar-refractivity contribution < 1.29 is 13.2 Å². The standard InChI is InChI=1S/C17H36N2O3S/c1-4-11-16(23(21)22)12-8-6-5-7-9-13-17(20)18-14-10-15-19(2)3/h16,23H,4-15H2,1-3H3,(H,18,20). The van der Waals surface area contributed by atoms with Crippen LogP contribution in [0, 0.1) is 0 Å². The van der Waals surface area contributed by atoms with Gasteiger partial charge in [0.05, 0.1) is 5.25 Å². The molecule has 23 heavy (non-hydrogen) atoms. The molecule has 0 aromatic carbocycles. The van der Waals surface area contributed by atoms with Crippen LogP contribution in [0.15, 0.2) is 0 Å². The van der Waals surface area contributed by atoms with Crippen molar-refractivity contribution in [2.24, 2.45) is 0 Å². The van der Waals surface area contributed by atoms with E-state index in [9.17, 15) is 13.2 Å². The van der Waals surface area contributed by atoms with Gasteiger partial charge in [0, 0.05) is 13.0 Å². The Balaban J connectivity index is 3.46. The Morgan fingerprint density at radius 2 is 1.65 bits per heavy atom. The first-order chi connectivity index (χ1) is 11.0. The predicted octanol–water partition coefficient (Wildman–Crippen LogP) is 2.57. The fraction of sp³-hybridized carbons (Fsp3) is 0.941. The predicted molar refractivity (Wildman–Crippen MR) is 97.5 cm³/mol. The second-order valence-electron chi connectivity index (χ2n) is 6.54. The summed E-state index contributed by atoms with van der Waals surface area (Å²) in [6.45, 7) is 3.77. The molecule has 1 amide bonds. The second-order valence-corrected chi connectivity index (χ2v) is 7.84. The molecular weight excluding hydrogens is 312 g/mol. The molecule has 0 saturated carbocycles. The van der Waals surface area contributed by atoms with E-state index in [1.807, 2.05) is 21.0 Å². The molecule has 0 aromatic heterocycles. The van der Waals surface area contributed by atoms with Gasteiger partial charge in [0.1, 0.15) is 10.7 Å². The zero-order valence-electron chi connectivity index (χ0n) is 15.2. The lowest BCUT2D eigenvalue weighted by molar-refractivity contribution is -0.121. The topological polar surface area (TPSA) is 66.5 Å². The van der Waals surface area contributed by atoms with E-state index in [2.05, 4.69) is 10.2 Å². The smallest absolute Gasteiger partial charge is 0.219 e. The van der Waals surface area contributed by atoms with Crippen LogP contribution in [0.25, 0.3) is 0 Å². The molecule has 0 rings (SSSR count). The maximum atomic E-state index is 11.6. The monoisotopic (exact) mass is 348 g/mol. The highest BCUT2D eigenvalue weighted by atomic mass is 32.2. The first kappa shape index (κ1) is 22.4. The number of thiol groups is 1. The molecule has 6 heteroatoms. The van der Waals surface area contributed by atoms with Gasteiger partial charge in [-0.2, -0.15) is 0 Å². The molecule has 0 fully saturated rings. The molecule has 0 heterocycles. The van der Waals surface area contributed by atoms with Gasteiger partial charge in [0.25, 0.3) is 0 Å². The summed E-state index contributed by atoms with van der Waals surface area (Å²) < 4.78 is 22.1. The summed E-state index contributed by atoms with van der Waals surface area (Å²) in [5.74, 6) is 0.148. The third-order valence-corrected chi connectivity index (χ3v) is 5.08. The largest absolute Gasteiger partial charge is 0.356 e. The normalized spacial score (nSPS) is 12.7. The average molecular weight is 349 g/mol. The highest BCUT2D eigenvalue weighted by Crippen LogP contribution is 2.13. The Labute approximate surface area is 144 Å².